The lowest BCUT2D eigenvalue weighted by atomic mass is 10.1. The predicted molar refractivity (Wildman–Crippen MR) is 87.7 cm³/mol. The standard InChI is InChI=1S/C17H14BrNO/c1-19-13(11-12-5-2-3-7-16(12)19)9-10-14-15(18)6-4-8-17(14)20/h2-11,20H,1H3. The van der Waals surface area contributed by atoms with Gasteiger partial charge in [-0.15, -0.1) is 0 Å². The zero-order valence-electron chi connectivity index (χ0n) is 11.0. The van der Waals surface area contributed by atoms with Crippen LogP contribution in [0.5, 0.6) is 5.75 Å². The van der Waals surface area contributed by atoms with E-state index in [9.17, 15) is 5.11 Å². The number of phenols is 1. The number of para-hydroxylation sites is 1. The molecular formula is C17H14BrNO. The van der Waals surface area contributed by atoms with Gasteiger partial charge in [-0.1, -0.05) is 40.2 Å². The fourth-order valence-electron chi connectivity index (χ4n) is 2.33. The normalized spacial score (nSPS) is 11.5. The number of aryl methyl sites for hydroxylation is 1. The largest absolute Gasteiger partial charge is 0.507 e. The molecule has 0 aliphatic rings. The Labute approximate surface area is 126 Å². The van der Waals surface area contributed by atoms with Crippen molar-refractivity contribution in [3.05, 3.63) is 64.3 Å². The highest BCUT2D eigenvalue weighted by molar-refractivity contribution is 9.10. The molecule has 1 aromatic heterocycles. The molecule has 20 heavy (non-hydrogen) atoms. The van der Waals surface area contributed by atoms with Gasteiger partial charge < -0.3 is 9.67 Å². The fourth-order valence-corrected chi connectivity index (χ4v) is 2.82. The van der Waals surface area contributed by atoms with Crippen LogP contribution in [-0.4, -0.2) is 9.67 Å². The molecule has 100 valence electrons. The topological polar surface area (TPSA) is 25.2 Å². The summed E-state index contributed by atoms with van der Waals surface area (Å²) in [6, 6.07) is 15.8. The Bertz CT molecular complexity index is 782. The molecule has 0 saturated heterocycles. The Morgan fingerprint density at radius 1 is 1.05 bits per heavy atom. The van der Waals surface area contributed by atoms with Gasteiger partial charge in [0.15, 0.2) is 0 Å². The molecule has 1 N–H and O–H groups in total. The third kappa shape index (κ3) is 2.25. The van der Waals surface area contributed by atoms with Crippen molar-refractivity contribution in [3.63, 3.8) is 0 Å². The van der Waals surface area contributed by atoms with Crippen LogP contribution in [0.25, 0.3) is 23.1 Å². The van der Waals surface area contributed by atoms with Crippen LogP contribution < -0.4 is 0 Å². The van der Waals surface area contributed by atoms with Gasteiger partial charge in [0.2, 0.25) is 0 Å². The summed E-state index contributed by atoms with van der Waals surface area (Å²) < 4.78 is 3.02. The minimum Gasteiger partial charge on any atom is -0.507 e. The van der Waals surface area contributed by atoms with Crippen LogP contribution in [0, 0.1) is 0 Å². The van der Waals surface area contributed by atoms with Gasteiger partial charge in [0.1, 0.15) is 5.75 Å². The quantitative estimate of drug-likeness (QED) is 0.717. The number of nitrogens with zero attached hydrogens (tertiary/aromatic N) is 1. The maximum atomic E-state index is 9.89. The second-order valence-electron chi connectivity index (χ2n) is 4.69. The summed E-state index contributed by atoms with van der Waals surface area (Å²) in [4.78, 5) is 0. The molecule has 3 rings (SSSR count). The van der Waals surface area contributed by atoms with Crippen molar-refractivity contribution < 1.29 is 5.11 Å². The number of aromatic nitrogens is 1. The Kier molecular flexibility index (Phi) is 3.36. The number of phenolic OH excluding ortho intramolecular Hbond substituents is 1. The van der Waals surface area contributed by atoms with Crippen molar-refractivity contribution in [1.82, 2.24) is 4.57 Å². The smallest absolute Gasteiger partial charge is 0.123 e. The lowest BCUT2D eigenvalue weighted by Gasteiger charge is -2.02. The molecule has 0 saturated carbocycles. The van der Waals surface area contributed by atoms with Crippen LogP contribution in [-0.2, 0) is 7.05 Å². The van der Waals surface area contributed by atoms with E-state index in [1.54, 1.807) is 6.07 Å². The zero-order valence-corrected chi connectivity index (χ0v) is 12.6. The number of fused-ring (bicyclic) bond motifs is 1. The average Bonchev–Trinajstić information content (AvgIpc) is 2.76. The summed E-state index contributed by atoms with van der Waals surface area (Å²) in [6.07, 6.45) is 3.94. The van der Waals surface area contributed by atoms with Gasteiger partial charge in [-0.2, -0.15) is 0 Å². The van der Waals surface area contributed by atoms with Crippen molar-refractivity contribution >= 4 is 39.0 Å². The Morgan fingerprint density at radius 3 is 2.60 bits per heavy atom. The first-order chi connectivity index (χ1) is 9.66. The maximum absolute atomic E-state index is 9.89. The van der Waals surface area contributed by atoms with Crippen LogP contribution in [0.3, 0.4) is 0 Å². The predicted octanol–water partition coefficient (Wildman–Crippen LogP) is 4.82. The first-order valence-corrected chi connectivity index (χ1v) is 7.16. The van der Waals surface area contributed by atoms with Crippen molar-refractivity contribution in [2.45, 2.75) is 0 Å². The van der Waals surface area contributed by atoms with Crippen LogP contribution in [0.4, 0.5) is 0 Å². The summed E-state index contributed by atoms with van der Waals surface area (Å²) in [5.41, 5.74) is 3.09. The number of hydrogen-bond acceptors (Lipinski definition) is 1. The number of benzene rings is 2. The van der Waals surface area contributed by atoms with Gasteiger partial charge in [0, 0.05) is 33.7 Å². The molecule has 2 nitrogen and oxygen atoms in total. The Balaban J connectivity index is 2.05. The fraction of sp³-hybridized carbons (Fsp3) is 0.0588. The van der Waals surface area contributed by atoms with Crippen molar-refractivity contribution in [2.75, 3.05) is 0 Å². The number of hydrogen-bond donors (Lipinski definition) is 1. The van der Waals surface area contributed by atoms with Gasteiger partial charge >= 0.3 is 0 Å². The molecule has 1 heterocycles. The highest BCUT2D eigenvalue weighted by Crippen LogP contribution is 2.28. The summed E-state index contributed by atoms with van der Waals surface area (Å²) >= 11 is 3.46. The van der Waals surface area contributed by atoms with Gasteiger partial charge in [0.25, 0.3) is 0 Å². The third-order valence-electron chi connectivity index (χ3n) is 3.44. The van der Waals surface area contributed by atoms with Crippen LogP contribution in [0.1, 0.15) is 11.3 Å². The summed E-state index contributed by atoms with van der Waals surface area (Å²) in [6.45, 7) is 0. The maximum Gasteiger partial charge on any atom is 0.123 e. The van der Waals surface area contributed by atoms with E-state index in [2.05, 4.69) is 38.7 Å². The van der Waals surface area contributed by atoms with E-state index in [0.717, 1.165) is 15.7 Å². The minimum absolute atomic E-state index is 0.273. The van der Waals surface area contributed by atoms with Crippen LogP contribution in [0.2, 0.25) is 0 Å². The molecular weight excluding hydrogens is 314 g/mol. The van der Waals surface area contributed by atoms with E-state index in [-0.39, 0.29) is 5.75 Å². The SMILES string of the molecule is Cn1c(C=Cc2c(O)cccc2Br)cc2ccccc21. The monoisotopic (exact) mass is 327 g/mol. The molecule has 0 bridgehead atoms. The zero-order chi connectivity index (χ0) is 14.1. The lowest BCUT2D eigenvalue weighted by Crippen LogP contribution is -1.89. The molecule has 0 atom stereocenters. The number of halogens is 1. The summed E-state index contributed by atoms with van der Waals surface area (Å²) in [7, 11) is 2.04. The average molecular weight is 328 g/mol. The van der Waals surface area contributed by atoms with E-state index in [4.69, 9.17) is 0 Å². The van der Waals surface area contributed by atoms with Gasteiger partial charge in [-0.05, 0) is 36.4 Å². The first kappa shape index (κ1) is 13.0. The van der Waals surface area contributed by atoms with Crippen molar-refractivity contribution in [2.24, 2.45) is 7.05 Å². The second kappa shape index (κ2) is 5.17. The van der Waals surface area contributed by atoms with Gasteiger partial charge in [-0.25, -0.2) is 0 Å². The van der Waals surface area contributed by atoms with Gasteiger partial charge in [-0.3, -0.25) is 0 Å². The molecule has 0 unspecified atom stereocenters. The van der Waals surface area contributed by atoms with Gasteiger partial charge in [0.05, 0.1) is 0 Å². The van der Waals surface area contributed by atoms with E-state index in [0.29, 0.717) is 0 Å². The lowest BCUT2D eigenvalue weighted by molar-refractivity contribution is 0.473. The van der Waals surface area contributed by atoms with Crippen LogP contribution >= 0.6 is 15.9 Å². The highest BCUT2D eigenvalue weighted by Gasteiger charge is 2.04. The molecule has 0 fully saturated rings. The minimum atomic E-state index is 0.273. The molecule has 0 spiro atoms. The highest BCUT2D eigenvalue weighted by atomic mass is 79.9. The van der Waals surface area contributed by atoms with E-state index < -0.39 is 0 Å². The van der Waals surface area contributed by atoms with E-state index >= 15 is 0 Å². The van der Waals surface area contributed by atoms with E-state index in [1.807, 2.05) is 43.5 Å². The van der Waals surface area contributed by atoms with E-state index in [1.165, 1.54) is 10.9 Å². The molecule has 0 aliphatic heterocycles. The summed E-state index contributed by atoms with van der Waals surface area (Å²) in [5.74, 6) is 0.273. The summed E-state index contributed by atoms with van der Waals surface area (Å²) in [5, 5.41) is 11.1. The Morgan fingerprint density at radius 2 is 1.85 bits per heavy atom. The third-order valence-corrected chi connectivity index (χ3v) is 4.13. The molecule has 2 aromatic carbocycles. The number of aromatic hydroxyl groups is 1. The van der Waals surface area contributed by atoms with Crippen molar-refractivity contribution in [3.8, 4) is 5.75 Å². The molecule has 3 aromatic rings. The Hall–Kier alpha value is -2.00. The molecule has 0 amide bonds. The molecule has 0 radical (unpaired) electrons. The molecule has 0 aliphatic carbocycles. The number of rotatable bonds is 2. The van der Waals surface area contributed by atoms with Crippen molar-refractivity contribution in [1.29, 1.82) is 0 Å². The molecule has 3 heteroatoms. The van der Waals surface area contributed by atoms with Crippen LogP contribution in [0.15, 0.2) is 53.0 Å². The second-order valence-corrected chi connectivity index (χ2v) is 5.55. The first-order valence-electron chi connectivity index (χ1n) is 6.37.